The summed E-state index contributed by atoms with van der Waals surface area (Å²) < 4.78 is 62.6. The number of carbonyl (C=O) groups is 2. The molecule has 9 nitrogen and oxygen atoms in total. The van der Waals surface area contributed by atoms with E-state index in [0.29, 0.717) is 38.4 Å². The first-order valence-corrected chi connectivity index (χ1v) is 12.3. The van der Waals surface area contributed by atoms with Gasteiger partial charge < -0.3 is 19.3 Å². The molecule has 38 heavy (non-hydrogen) atoms. The number of nitrogens with one attached hydrogen (secondary N) is 1. The quantitative estimate of drug-likeness (QED) is 0.418. The number of piperidine rings is 1. The molecule has 1 amide bonds. The van der Waals surface area contributed by atoms with Crippen molar-refractivity contribution in [1.82, 2.24) is 20.2 Å². The van der Waals surface area contributed by atoms with Crippen molar-refractivity contribution < 1.29 is 36.6 Å². The Hall–Kier alpha value is -3.48. The van der Waals surface area contributed by atoms with Crippen LogP contribution in [0, 0.1) is 11.2 Å². The van der Waals surface area contributed by atoms with Crippen LogP contribution in [0.4, 0.5) is 23.4 Å². The van der Waals surface area contributed by atoms with E-state index >= 15 is 0 Å². The minimum atomic E-state index is -5.06. The standard InChI is InChI=1S/C25H29F4N5O4/c1-4-34(15(2)3)22(35)17-9-16(26)5-6-18(17)37-19-11-30-14-32-21(19)33-12-24(13-33)7-8-31-20(10-24)38-23(36)25(27,28)29/h5-6,9,11,14-15,20,31H,4,7-8,10,12-13H2,1-3H3. The van der Waals surface area contributed by atoms with Crippen LogP contribution in [0.3, 0.4) is 0 Å². The molecule has 1 unspecified atom stereocenters. The Morgan fingerprint density at radius 3 is 2.66 bits per heavy atom. The van der Waals surface area contributed by atoms with Crippen molar-refractivity contribution in [1.29, 1.82) is 0 Å². The number of carbonyl (C=O) groups excluding carboxylic acids is 2. The number of anilines is 1. The van der Waals surface area contributed by atoms with Crippen LogP contribution in [0.2, 0.25) is 0 Å². The lowest BCUT2D eigenvalue weighted by Gasteiger charge is -2.54. The van der Waals surface area contributed by atoms with Crippen molar-refractivity contribution in [3.63, 3.8) is 0 Å². The number of ether oxygens (including phenoxy) is 2. The SMILES string of the molecule is CCN(C(=O)c1cc(F)ccc1Oc1cncnc1N1CC2(CCNC(OC(=O)C(F)(F)F)C2)C1)C(C)C. The fourth-order valence-electron chi connectivity index (χ4n) is 4.94. The molecule has 1 N–H and O–H groups in total. The zero-order valence-corrected chi connectivity index (χ0v) is 21.2. The van der Waals surface area contributed by atoms with Crippen LogP contribution in [0.1, 0.15) is 44.0 Å². The molecule has 2 fully saturated rings. The van der Waals surface area contributed by atoms with E-state index in [2.05, 4.69) is 20.0 Å². The Kier molecular flexibility index (Phi) is 7.77. The van der Waals surface area contributed by atoms with E-state index in [0.717, 1.165) is 6.07 Å². The first kappa shape index (κ1) is 27.6. The second-order valence-corrected chi connectivity index (χ2v) is 9.79. The number of hydrogen-bond donors (Lipinski definition) is 1. The fraction of sp³-hybridized carbons (Fsp3) is 0.520. The summed E-state index contributed by atoms with van der Waals surface area (Å²) in [4.78, 5) is 36.2. The largest absolute Gasteiger partial charge is 0.490 e. The van der Waals surface area contributed by atoms with Gasteiger partial charge in [0.25, 0.3) is 5.91 Å². The molecule has 2 aromatic rings. The van der Waals surface area contributed by atoms with Crippen LogP contribution in [-0.2, 0) is 9.53 Å². The van der Waals surface area contributed by atoms with Crippen molar-refractivity contribution in [2.24, 2.45) is 5.41 Å². The Morgan fingerprint density at radius 2 is 2.00 bits per heavy atom. The van der Waals surface area contributed by atoms with Gasteiger partial charge in [0, 0.05) is 37.5 Å². The Morgan fingerprint density at radius 1 is 1.26 bits per heavy atom. The molecule has 1 aromatic carbocycles. The molecule has 1 spiro atoms. The summed E-state index contributed by atoms with van der Waals surface area (Å²) in [5.74, 6) is -2.38. The number of alkyl halides is 3. The summed E-state index contributed by atoms with van der Waals surface area (Å²) in [5.41, 5.74) is -0.317. The van der Waals surface area contributed by atoms with E-state index in [1.165, 1.54) is 24.7 Å². The minimum Gasteiger partial charge on any atom is -0.451 e. The number of amides is 1. The third-order valence-corrected chi connectivity index (χ3v) is 6.75. The van der Waals surface area contributed by atoms with Gasteiger partial charge in [-0.2, -0.15) is 13.2 Å². The van der Waals surface area contributed by atoms with Gasteiger partial charge in [-0.3, -0.25) is 10.1 Å². The first-order valence-electron chi connectivity index (χ1n) is 12.3. The van der Waals surface area contributed by atoms with Crippen LogP contribution >= 0.6 is 0 Å². The maximum atomic E-state index is 14.1. The maximum absolute atomic E-state index is 14.1. The normalized spacial score (nSPS) is 18.7. The van der Waals surface area contributed by atoms with Crippen molar-refractivity contribution in [2.45, 2.75) is 52.1 Å². The highest BCUT2D eigenvalue weighted by Gasteiger charge is 2.50. The lowest BCUT2D eigenvalue weighted by atomic mass is 9.72. The molecule has 2 aliphatic rings. The number of hydrogen-bond acceptors (Lipinski definition) is 8. The summed E-state index contributed by atoms with van der Waals surface area (Å²) in [6.07, 6.45) is -2.46. The molecule has 0 bridgehead atoms. The summed E-state index contributed by atoms with van der Waals surface area (Å²) in [5, 5.41) is 2.81. The second-order valence-electron chi connectivity index (χ2n) is 9.79. The average Bonchev–Trinajstić information content (AvgIpc) is 2.83. The molecule has 2 aliphatic heterocycles. The zero-order valence-electron chi connectivity index (χ0n) is 21.2. The molecule has 1 atom stereocenters. The van der Waals surface area contributed by atoms with Gasteiger partial charge in [0.2, 0.25) is 0 Å². The number of esters is 1. The average molecular weight is 540 g/mol. The highest BCUT2D eigenvalue weighted by molar-refractivity contribution is 5.97. The summed E-state index contributed by atoms with van der Waals surface area (Å²) in [6.45, 7) is 7.25. The number of aromatic nitrogens is 2. The molecule has 13 heteroatoms. The molecule has 2 saturated heterocycles. The fourth-order valence-corrected chi connectivity index (χ4v) is 4.94. The number of halogens is 4. The molecule has 4 rings (SSSR count). The van der Waals surface area contributed by atoms with Crippen LogP contribution in [0.25, 0.3) is 0 Å². The van der Waals surface area contributed by atoms with E-state index < -0.39 is 24.2 Å². The molecule has 1 aromatic heterocycles. The lowest BCUT2D eigenvalue weighted by molar-refractivity contribution is -0.209. The Bertz CT molecular complexity index is 1190. The molecule has 206 valence electrons. The van der Waals surface area contributed by atoms with Crippen LogP contribution in [-0.4, -0.2) is 71.4 Å². The number of rotatable bonds is 7. The van der Waals surface area contributed by atoms with E-state index in [-0.39, 0.29) is 40.8 Å². The Labute approximate surface area is 217 Å². The van der Waals surface area contributed by atoms with Crippen LogP contribution in [0.15, 0.2) is 30.7 Å². The first-order chi connectivity index (χ1) is 17.9. The van der Waals surface area contributed by atoms with Gasteiger partial charge in [-0.15, -0.1) is 0 Å². The zero-order chi connectivity index (χ0) is 27.7. The highest BCUT2D eigenvalue weighted by Crippen LogP contribution is 2.45. The van der Waals surface area contributed by atoms with Crippen LogP contribution < -0.4 is 15.0 Å². The molecule has 0 aliphatic carbocycles. The highest BCUT2D eigenvalue weighted by atomic mass is 19.4. The predicted octanol–water partition coefficient (Wildman–Crippen LogP) is 3.90. The minimum absolute atomic E-state index is 0.0584. The third kappa shape index (κ3) is 5.82. The van der Waals surface area contributed by atoms with Gasteiger partial charge in [-0.05, 0) is 51.9 Å². The molecular weight excluding hydrogens is 510 g/mol. The van der Waals surface area contributed by atoms with Gasteiger partial charge in [-0.1, -0.05) is 0 Å². The van der Waals surface area contributed by atoms with Crippen molar-refractivity contribution in [2.75, 3.05) is 31.1 Å². The molecule has 0 saturated carbocycles. The second kappa shape index (κ2) is 10.7. The van der Waals surface area contributed by atoms with Crippen LogP contribution in [0.5, 0.6) is 11.5 Å². The predicted molar refractivity (Wildman–Crippen MR) is 128 cm³/mol. The summed E-state index contributed by atoms with van der Waals surface area (Å²) in [7, 11) is 0. The number of nitrogens with zero attached hydrogens (tertiary/aromatic N) is 4. The van der Waals surface area contributed by atoms with Crippen molar-refractivity contribution >= 4 is 17.7 Å². The lowest BCUT2D eigenvalue weighted by Crippen LogP contribution is -2.63. The molecular formula is C25H29F4N5O4. The summed E-state index contributed by atoms with van der Waals surface area (Å²) >= 11 is 0. The summed E-state index contributed by atoms with van der Waals surface area (Å²) in [6, 6.07) is 3.58. The monoisotopic (exact) mass is 539 g/mol. The number of benzene rings is 1. The molecule has 0 radical (unpaired) electrons. The van der Waals surface area contributed by atoms with Crippen molar-refractivity contribution in [3.8, 4) is 11.5 Å². The van der Waals surface area contributed by atoms with Gasteiger partial charge in [0.1, 0.15) is 17.9 Å². The smallest absolute Gasteiger partial charge is 0.451 e. The van der Waals surface area contributed by atoms with Gasteiger partial charge in [-0.25, -0.2) is 19.2 Å². The van der Waals surface area contributed by atoms with Gasteiger partial charge >= 0.3 is 12.1 Å². The Balaban J connectivity index is 1.50. The van der Waals surface area contributed by atoms with E-state index in [1.807, 2.05) is 25.7 Å². The van der Waals surface area contributed by atoms with E-state index in [1.54, 1.807) is 4.90 Å². The maximum Gasteiger partial charge on any atom is 0.490 e. The van der Waals surface area contributed by atoms with Gasteiger partial charge in [0.05, 0.1) is 11.8 Å². The third-order valence-electron chi connectivity index (χ3n) is 6.75. The molecule has 3 heterocycles. The van der Waals surface area contributed by atoms with Gasteiger partial charge in [0.15, 0.2) is 17.8 Å². The van der Waals surface area contributed by atoms with Crippen molar-refractivity contribution in [3.05, 3.63) is 42.1 Å². The topological polar surface area (TPSA) is 96.9 Å². The van der Waals surface area contributed by atoms with E-state index in [9.17, 15) is 27.2 Å². The van der Waals surface area contributed by atoms with E-state index in [4.69, 9.17) is 4.74 Å².